The molecule has 0 aliphatic carbocycles. The molecule has 5 heteroatoms. The first-order valence-corrected chi connectivity index (χ1v) is 6.11. The normalized spacial score (nSPS) is 9.82. The van der Waals surface area contributed by atoms with Gasteiger partial charge in [-0.25, -0.2) is 9.97 Å². The average Bonchev–Trinajstić information content (AvgIpc) is 2.79. The summed E-state index contributed by atoms with van der Waals surface area (Å²) < 4.78 is 5.06. The molecule has 5 nitrogen and oxygen atoms in total. The maximum absolute atomic E-state index is 5.06. The van der Waals surface area contributed by atoms with Gasteiger partial charge in [-0.05, 0) is 6.42 Å². The van der Waals surface area contributed by atoms with Crippen molar-refractivity contribution >= 4 is 17.0 Å². The molecule has 0 spiro atoms. The standard InChI is InChI=1S/C9H12N4O.C3H8/c1-2-3-4-10-8-7-9(12-5-11-8)14-6-13-7;1-3-2/h5-6H,2-4H2,1H3,(H,10,11,12);3H2,1-2H3. The van der Waals surface area contributed by atoms with Crippen LogP contribution in [0.1, 0.15) is 40.0 Å². The summed E-state index contributed by atoms with van der Waals surface area (Å²) in [4.78, 5) is 12.1. The molecule has 0 amide bonds. The molecule has 0 unspecified atom stereocenters. The van der Waals surface area contributed by atoms with E-state index < -0.39 is 0 Å². The van der Waals surface area contributed by atoms with Crippen LogP contribution in [-0.4, -0.2) is 21.5 Å². The number of nitrogens with one attached hydrogen (secondary N) is 1. The maximum Gasteiger partial charge on any atom is 0.251 e. The molecule has 1 N–H and O–H groups in total. The van der Waals surface area contributed by atoms with Gasteiger partial charge in [0.15, 0.2) is 17.7 Å². The summed E-state index contributed by atoms with van der Waals surface area (Å²) in [6, 6.07) is 0. The lowest BCUT2D eigenvalue weighted by Gasteiger charge is -2.02. The summed E-state index contributed by atoms with van der Waals surface area (Å²) in [6.07, 6.45) is 6.37. The van der Waals surface area contributed by atoms with Gasteiger partial charge in [0.25, 0.3) is 5.71 Å². The molecular weight excluding hydrogens is 216 g/mol. The lowest BCUT2D eigenvalue weighted by atomic mass is 10.3. The number of fused-ring (bicyclic) bond motifs is 1. The molecule has 0 saturated heterocycles. The van der Waals surface area contributed by atoms with Gasteiger partial charge in [-0.2, -0.15) is 4.98 Å². The molecule has 0 fully saturated rings. The molecule has 0 saturated carbocycles. The van der Waals surface area contributed by atoms with Crippen LogP contribution < -0.4 is 5.32 Å². The van der Waals surface area contributed by atoms with E-state index in [0.717, 1.165) is 25.2 Å². The number of unbranched alkanes of at least 4 members (excludes halogenated alkanes) is 1. The number of rotatable bonds is 4. The minimum absolute atomic E-state index is 0.527. The monoisotopic (exact) mass is 236 g/mol. The Morgan fingerprint density at radius 2 is 1.94 bits per heavy atom. The Balaban J connectivity index is 0.000000437. The molecule has 17 heavy (non-hydrogen) atoms. The Labute approximate surface area is 102 Å². The summed E-state index contributed by atoms with van der Waals surface area (Å²) in [5.74, 6) is 0.747. The van der Waals surface area contributed by atoms with Gasteiger partial charge >= 0.3 is 0 Å². The summed E-state index contributed by atoms with van der Waals surface area (Å²) in [5, 5.41) is 3.20. The van der Waals surface area contributed by atoms with Crippen LogP contribution in [-0.2, 0) is 0 Å². The molecule has 94 valence electrons. The zero-order valence-corrected chi connectivity index (χ0v) is 10.7. The van der Waals surface area contributed by atoms with Crippen LogP contribution in [0.25, 0.3) is 11.2 Å². The predicted octanol–water partition coefficient (Wildman–Crippen LogP) is 3.25. The highest BCUT2D eigenvalue weighted by Gasteiger charge is 2.05. The summed E-state index contributed by atoms with van der Waals surface area (Å²) >= 11 is 0. The molecule has 2 rings (SSSR count). The van der Waals surface area contributed by atoms with Crippen LogP contribution in [0.5, 0.6) is 0 Å². The lowest BCUT2D eigenvalue weighted by Crippen LogP contribution is -2.03. The molecule has 2 heterocycles. The quantitative estimate of drug-likeness (QED) is 0.825. The van der Waals surface area contributed by atoms with Crippen molar-refractivity contribution in [2.75, 3.05) is 11.9 Å². The highest BCUT2D eigenvalue weighted by Crippen LogP contribution is 2.16. The lowest BCUT2D eigenvalue weighted by molar-refractivity contribution is 0.590. The SMILES string of the molecule is CCC.CCCCNc1ncnc2ocnc12. The summed E-state index contributed by atoms with van der Waals surface area (Å²) in [7, 11) is 0. The Kier molecular flexibility index (Phi) is 5.99. The first-order valence-electron chi connectivity index (χ1n) is 6.11. The van der Waals surface area contributed by atoms with Crippen LogP contribution in [0.3, 0.4) is 0 Å². The number of anilines is 1. The van der Waals surface area contributed by atoms with E-state index in [-0.39, 0.29) is 0 Å². The molecule has 0 aliphatic rings. The van der Waals surface area contributed by atoms with Gasteiger partial charge in [0.2, 0.25) is 0 Å². The average molecular weight is 236 g/mol. The minimum atomic E-state index is 0.527. The Bertz CT molecular complexity index is 427. The van der Waals surface area contributed by atoms with Gasteiger partial charge < -0.3 is 9.73 Å². The summed E-state index contributed by atoms with van der Waals surface area (Å²) in [6.45, 7) is 7.29. The van der Waals surface area contributed by atoms with Gasteiger partial charge in [0.05, 0.1) is 0 Å². The van der Waals surface area contributed by atoms with E-state index >= 15 is 0 Å². The van der Waals surface area contributed by atoms with Gasteiger partial charge in [-0.1, -0.05) is 33.6 Å². The zero-order chi connectivity index (χ0) is 12.5. The van der Waals surface area contributed by atoms with Crippen molar-refractivity contribution < 1.29 is 4.42 Å². The largest absolute Gasteiger partial charge is 0.425 e. The van der Waals surface area contributed by atoms with Crippen molar-refractivity contribution in [1.29, 1.82) is 0 Å². The number of oxazole rings is 1. The Morgan fingerprint density at radius 3 is 2.65 bits per heavy atom. The first-order chi connectivity index (χ1) is 8.33. The molecular formula is C12H20N4O. The van der Waals surface area contributed by atoms with E-state index in [1.807, 2.05) is 0 Å². The van der Waals surface area contributed by atoms with Gasteiger partial charge in [0, 0.05) is 6.54 Å². The van der Waals surface area contributed by atoms with E-state index in [1.165, 1.54) is 19.1 Å². The fourth-order valence-electron chi connectivity index (χ4n) is 1.21. The third-order valence-electron chi connectivity index (χ3n) is 1.96. The van der Waals surface area contributed by atoms with Crippen molar-refractivity contribution in [3.8, 4) is 0 Å². The van der Waals surface area contributed by atoms with Crippen LogP contribution in [0, 0.1) is 0 Å². The Hall–Kier alpha value is -1.65. The van der Waals surface area contributed by atoms with Crippen LogP contribution >= 0.6 is 0 Å². The van der Waals surface area contributed by atoms with E-state index in [4.69, 9.17) is 4.42 Å². The van der Waals surface area contributed by atoms with E-state index in [2.05, 4.69) is 41.0 Å². The molecule has 0 radical (unpaired) electrons. The number of aromatic nitrogens is 3. The fourth-order valence-corrected chi connectivity index (χ4v) is 1.21. The smallest absolute Gasteiger partial charge is 0.251 e. The zero-order valence-electron chi connectivity index (χ0n) is 10.7. The second-order valence-electron chi connectivity index (χ2n) is 3.72. The van der Waals surface area contributed by atoms with Crippen molar-refractivity contribution in [3.63, 3.8) is 0 Å². The molecule has 0 aromatic carbocycles. The van der Waals surface area contributed by atoms with Crippen LogP contribution in [0.2, 0.25) is 0 Å². The van der Waals surface area contributed by atoms with Gasteiger partial charge in [-0.3, -0.25) is 0 Å². The molecule has 2 aromatic rings. The van der Waals surface area contributed by atoms with Crippen molar-refractivity contribution in [3.05, 3.63) is 12.7 Å². The fraction of sp³-hybridized carbons (Fsp3) is 0.583. The predicted molar refractivity (Wildman–Crippen MR) is 69.0 cm³/mol. The van der Waals surface area contributed by atoms with Crippen molar-refractivity contribution in [2.45, 2.75) is 40.0 Å². The van der Waals surface area contributed by atoms with E-state index in [1.54, 1.807) is 0 Å². The molecule has 2 aromatic heterocycles. The molecule has 0 atom stereocenters. The highest BCUT2D eigenvalue weighted by atomic mass is 16.3. The molecule has 0 bridgehead atoms. The van der Waals surface area contributed by atoms with E-state index in [9.17, 15) is 0 Å². The van der Waals surface area contributed by atoms with Crippen molar-refractivity contribution in [1.82, 2.24) is 15.0 Å². The second kappa shape index (κ2) is 7.60. The number of hydrogen-bond donors (Lipinski definition) is 1. The second-order valence-corrected chi connectivity index (χ2v) is 3.72. The van der Waals surface area contributed by atoms with Crippen molar-refractivity contribution in [2.24, 2.45) is 0 Å². The minimum Gasteiger partial charge on any atom is -0.425 e. The molecule has 0 aliphatic heterocycles. The number of nitrogens with zero attached hydrogens (tertiary/aromatic N) is 3. The Morgan fingerprint density at radius 1 is 1.18 bits per heavy atom. The van der Waals surface area contributed by atoms with E-state index in [0.29, 0.717) is 11.2 Å². The number of hydrogen-bond acceptors (Lipinski definition) is 5. The van der Waals surface area contributed by atoms with Gasteiger partial charge in [0.1, 0.15) is 6.33 Å². The highest BCUT2D eigenvalue weighted by molar-refractivity contribution is 5.80. The third-order valence-corrected chi connectivity index (χ3v) is 1.96. The first kappa shape index (κ1) is 13.4. The maximum atomic E-state index is 5.06. The summed E-state index contributed by atoms with van der Waals surface area (Å²) in [5.41, 5.74) is 1.22. The van der Waals surface area contributed by atoms with Crippen LogP contribution in [0.15, 0.2) is 17.1 Å². The topological polar surface area (TPSA) is 63.8 Å². The van der Waals surface area contributed by atoms with Gasteiger partial charge in [-0.15, -0.1) is 0 Å². The van der Waals surface area contributed by atoms with Crippen LogP contribution in [0.4, 0.5) is 5.82 Å². The third kappa shape index (κ3) is 4.01.